The lowest BCUT2D eigenvalue weighted by Crippen LogP contribution is -2.09. The predicted octanol–water partition coefficient (Wildman–Crippen LogP) is 1.64. The van der Waals surface area contributed by atoms with Crippen molar-refractivity contribution < 1.29 is 14.8 Å². The van der Waals surface area contributed by atoms with E-state index in [1.54, 1.807) is 0 Å². The number of carboxylic acid groups (broad SMARTS) is 1. The van der Waals surface area contributed by atoms with Crippen LogP contribution in [0.2, 0.25) is 0 Å². The Morgan fingerprint density at radius 2 is 1.90 bits per heavy atom. The first-order chi connectivity index (χ1) is 9.40. The molecule has 0 aliphatic carbocycles. The fourth-order valence-electron chi connectivity index (χ4n) is 1.80. The lowest BCUT2D eigenvalue weighted by molar-refractivity contribution is -0.384. The molecule has 1 aromatic heterocycles. The summed E-state index contributed by atoms with van der Waals surface area (Å²) < 4.78 is 0. The summed E-state index contributed by atoms with van der Waals surface area (Å²) in [5.74, 6) is -1.24. The Labute approximate surface area is 113 Å². The van der Waals surface area contributed by atoms with E-state index in [9.17, 15) is 20.0 Å². The predicted molar refractivity (Wildman–Crippen MR) is 70.2 cm³/mol. The third-order valence-corrected chi connectivity index (χ3v) is 2.67. The second-order valence-corrected chi connectivity index (χ2v) is 4.00. The van der Waals surface area contributed by atoms with Gasteiger partial charge in [0.05, 0.1) is 16.3 Å². The Bertz CT molecular complexity index is 697. The van der Waals surface area contributed by atoms with Crippen molar-refractivity contribution in [3.63, 3.8) is 0 Å². The van der Waals surface area contributed by atoms with E-state index in [4.69, 9.17) is 5.73 Å². The van der Waals surface area contributed by atoms with Crippen molar-refractivity contribution in [2.45, 2.75) is 6.92 Å². The highest BCUT2D eigenvalue weighted by Crippen LogP contribution is 2.26. The number of nitro benzene ring substituents is 1. The van der Waals surface area contributed by atoms with Crippen LogP contribution in [-0.2, 0) is 0 Å². The molecular formula is C12H10N4O4. The molecular weight excluding hydrogens is 264 g/mol. The molecule has 0 spiro atoms. The zero-order valence-electron chi connectivity index (χ0n) is 10.4. The summed E-state index contributed by atoms with van der Waals surface area (Å²) in [5.41, 5.74) is 6.14. The highest BCUT2D eigenvalue weighted by atomic mass is 16.6. The number of carboxylic acids is 1. The van der Waals surface area contributed by atoms with Crippen LogP contribution >= 0.6 is 0 Å². The van der Waals surface area contributed by atoms with Crippen LogP contribution in [0.3, 0.4) is 0 Å². The molecule has 0 saturated heterocycles. The minimum Gasteiger partial charge on any atom is -0.478 e. The third kappa shape index (κ3) is 2.39. The number of aromatic nitrogens is 2. The van der Waals surface area contributed by atoms with Crippen LogP contribution < -0.4 is 5.73 Å². The van der Waals surface area contributed by atoms with Gasteiger partial charge in [-0.05, 0) is 19.1 Å². The maximum atomic E-state index is 11.3. The second-order valence-electron chi connectivity index (χ2n) is 4.00. The van der Waals surface area contributed by atoms with Gasteiger partial charge in [-0.3, -0.25) is 10.1 Å². The van der Waals surface area contributed by atoms with Crippen molar-refractivity contribution >= 4 is 17.6 Å². The van der Waals surface area contributed by atoms with Crippen LogP contribution in [0, 0.1) is 17.0 Å². The minimum absolute atomic E-state index is 0.0548. The summed E-state index contributed by atoms with van der Waals surface area (Å²) in [6, 6.07) is 5.39. The van der Waals surface area contributed by atoms with Crippen molar-refractivity contribution in [3.8, 4) is 11.3 Å². The van der Waals surface area contributed by atoms with Gasteiger partial charge in [-0.2, -0.15) is 0 Å². The molecule has 2 rings (SSSR count). The SMILES string of the molecule is Cc1nc(N)nc(-c2ccc([N+](=O)[O-])cc2)c1C(=O)O. The van der Waals surface area contributed by atoms with Crippen LogP contribution in [0.25, 0.3) is 11.3 Å². The number of nitrogen functional groups attached to an aromatic ring is 1. The quantitative estimate of drug-likeness (QED) is 0.642. The molecule has 0 amide bonds. The summed E-state index contributed by atoms with van der Waals surface area (Å²) in [6.45, 7) is 1.51. The molecule has 20 heavy (non-hydrogen) atoms. The van der Waals surface area contributed by atoms with Gasteiger partial charge in [-0.25, -0.2) is 14.8 Å². The summed E-state index contributed by atoms with van der Waals surface area (Å²) in [7, 11) is 0. The molecule has 1 heterocycles. The lowest BCUT2D eigenvalue weighted by Gasteiger charge is -2.08. The highest BCUT2D eigenvalue weighted by Gasteiger charge is 2.19. The fraction of sp³-hybridized carbons (Fsp3) is 0.0833. The highest BCUT2D eigenvalue weighted by molar-refractivity contribution is 5.96. The topological polar surface area (TPSA) is 132 Å². The lowest BCUT2D eigenvalue weighted by atomic mass is 10.0. The maximum Gasteiger partial charge on any atom is 0.339 e. The summed E-state index contributed by atoms with van der Waals surface area (Å²) in [6.07, 6.45) is 0. The molecule has 2 aromatic rings. The number of carbonyl (C=O) groups is 1. The van der Waals surface area contributed by atoms with Gasteiger partial charge < -0.3 is 10.8 Å². The smallest absolute Gasteiger partial charge is 0.339 e. The molecule has 0 saturated carbocycles. The van der Waals surface area contributed by atoms with Gasteiger partial charge in [-0.15, -0.1) is 0 Å². The molecule has 0 aliphatic rings. The number of benzene rings is 1. The Kier molecular flexibility index (Phi) is 3.30. The maximum absolute atomic E-state index is 11.3. The van der Waals surface area contributed by atoms with E-state index in [1.165, 1.54) is 31.2 Å². The van der Waals surface area contributed by atoms with Crippen molar-refractivity contribution in [2.75, 3.05) is 5.73 Å². The monoisotopic (exact) mass is 274 g/mol. The van der Waals surface area contributed by atoms with Gasteiger partial charge in [0.25, 0.3) is 5.69 Å². The molecule has 0 radical (unpaired) electrons. The van der Waals surface area contributed by atoms with E-state index < -0.39 is 10.9 Å². The summed E-state index contributed by atoms with van der Waals surface area (Å²) in [4.78, 5) is 29.1. The molecule has 102 valence electrons. The molecule has 3 N–H and O–H groups in total. The Balaban J connectivity index is 2.62. The van der Waals surface area contributed by atoms with Gasteiger partial charge in [0.1, 0.15) is 5.56 Å². The van der Waals surface area contributed by atoms with Crippen molar-refractivity contribution in [1.29, 1.82) is 0 Å². The zero-order chi connectivity index (χ0) is 14.9. The standard InChI is InChI=1S/C12H10N4O4/c1-6-9(11(17)18)10(15-12(13)14-6)7-2-4-8(5-3-7)16(19)20/h2-5H,1H3,(H,17,18)(H2,13,14,15). The van der Waals surface area contributed by atoms with Crippen molar-refractivity contribution in [1.82, 2.24) is 9.97 Å². The van der Waals surface area contributed by atoms with Gasteiger partial charge >= 0.3 is 5.97 Å². The first-order valence-corrected chi connectivity index (χ1v) is 5.52. The number of nitro groups is 1. The van der Waals surface area contributed by atoms with Crippen molar-refractivity contribution in [3.05, 3.63) is 45.6 Å². The summed E-state index contributed by atoms with van der Waals surface area (Å²) in [5, 5.41) is 19.8. The van der Waals surface area contributed by atoms with E-state index in [1.807, 2.05) is 0 Å². The number of anilines is 1. The van der Waals surface area contributed by atoms with Crippen LogP contribution in [0.15, 0.2) is 24.3 Å². The average molecular weight is 274 g/mol. The van der Waals surface area contributed by atoms with E-state index in [0.29, 0.717) is 5.56 Å². The third-order valence-electron chi connectivity index (χ3n) is 2.67. The first kappa shape index (κ1) is 13.4. The molecule has 0 fully saturated rings. The van der Waals surface area contributed by atoms with E-state index >= 15 is 0 Å². The molecule has 0 bridgehead atoms. The summed E-state index contributed by atoms with van der Waals surface area (Å²) >= 11 is 0. The van der Waals surface area contributed by atoms with Gasteiger partial charge in [0, 0.05) is 17.7 Å². The molecule has 0 unspecified atom stereocenters. The van der Waals surface area contributed by atoms with Crippen molar-refractivity contribution in [2.24, 2.45) is 0 Å². The molecule has 8 nitrogen and oxygen atoms in total. The molecule has 0 atom stereocenters. The van der Waals surface area contributed by atoms with Gasteiger partial charge in [0.15, 0.2) is 0 Å². The fourth-order valence-corrected chi connectivity index (χ4v) is 1.80. The Hall–Kier alpha value is -3.03. The van der Waals surface area contributed by atoms with Gasteiger partial charge in [0.2, 0.25) is 5.95 Å². The number of aryl methyl sites for hydroxylation is 1. The number of aromatic carboxylic acids is 1. The van der Waals surface area contributed by atoms with E-state index in [0.717, 1.165) is 0 Å². The first-order valence-electron chi connectivity index (χ1n) is 5.52. The minimum atomic E-state index is -1.18. The number of rotatable bonds is 3. The van der Waals surface area contributed by atoms with E-state index in [-0.39, 0.29) is 28.6 Å². The number of hydrogen-bond donors (Lipinski definition) is 2. The zero-order valence-corrected chi connectivity index (χ0v) is 10.4. The number of nitrogens with zero attached hydrogens (tertiary/aromatic N) is 3. The second kappa shape index (κ2) is 4.92. The van der Waals surface area contributed by atoms with Crippen LogP contribution in [-0.4, -0.2) is 26.0 Å². The Morgan fingerprint density at radius 3 is 2.40 bits per heavy atom. The number of nitrogens with two attached hydrogens (primary N) is 1. The molecule has 0 aliphatic heterocycles. The molecule has 8 heteroatoms. The molecule has 1 aromatic carbocycles. The van der Waals surface area contributed by atoms with Crippen LogP contribution in [0.5, 0.6) is 0 Å². The normalized spacial score (nSPS) is 10.2. The van der Waals surface area contributed by atoms with Gasteiger partial charge in [-0.1, -0.05) is 0 Å². The van der Waals surface area contributed by atoms with E-state index in [2.05, 4.69) is 9.97 Å². The van der Waals surface area contributed by atoms with Crippen LogP contribution in [0.1, 0.15) is 16.1 Å². The number of hydrogen-bond acceptors (Lipinski definition) is 6. The largest absolute Gasteiger partial charge is 0.478 e. The number of non-ortho nitro benzene ring substituents is 1. The average Bonchev–Trinajstić information content (AvgIpc) is 2.37. The Morgan fingerprint density at radius 1 is 1.30 bits per heavy atom. The van der Waals surface area contributed by atoms with Crippen LogP contribution in [0.4, 0.5) is 11.6 Å².